The number of primary amides is 1. The Labute approximate surface area is 297 Å². The standard InChI is InChI=1S/C34H33Cl3FN3O5S2/c1-48(44,45)18-2-17-46-29-28(22-5-7-23(35)8-6-22)30(26-12-9-24(36)19-27(26)37)47-31(29)32(42)41-15-13-34(14-16-41,33(39)43)40-20-21-3-10-25(38)11-4-21/h3-12,19,40H,2,13-18,20H2,1H3,(H2,39,43). The number of benzene rings is 3. The Hall–Kier alpha value is -3.19. The summed E-state index contributed by atoms with van der Waals surface area (Å²) in [6, 6.07) is 18.1. The molecule has 2 heterocycles. The minimum atomic E-state index is -3.24. The zero-order valence-corrected chi connectivity index (χ0v) is 29.8. The number of piperidine rings is 1. The lowest BCUT2D eigenvalue weighted by Crippen LogP contribution is -2.61. The number of likely N-dealkylation sites (tertiary alicyclic amines) is 1. The molecule has 1 saturated heterocycles. The largest absolute Gasteiger partial charge is 0.491 e. The molecule has 0 spiro atoms. The van der Waals surface area contributed by atoms with Crippen molar-refractivity contribution in [1.29, 1.82) is 0 Å². The molecule has 0 bridgehead atoms. The number of thiophene rings is 1. The second-order valence-electron chi connectivity index (χ2n) is 11.6. The third-order valence-electron chi connectivity index (χ3n) is 8.19. The molecule has 14 heteroatoms. The first-order valence-electron chi connectivity index (χ1n) is 15.0. The average Bonchev–Trinajstić information content (AvgIpc) is 3.41. The van der Waals surface area contributed by atoms with Crippen molar-refractivity contribution >= 4 is 67.8 Å². The van der Waals surface area contributed by atoms with Crippen molar-refractivity contribution in [1.82, 2.24) is 10.2 Å². The Morgan fingerprint density at radius 1 is 1.00 bits per heavy atom. The predicted octanol–water partition coefficient (Wildman–Crippen LogP) is 7.24. The molecule has 1 fully saturated rings. The number of nitrogens with two attached hydrogens (primary N) is 1. The summed E-state index contributed by atoms with van der Waals surface area (Å²) in [5.74, 6) is -1.00. The van der Waals surface area contributed by atoms with Gasteiger partial charge in [-0.3, -0.25) is 14.9 Å². The Bertz CT molecular complexity index is 1910. The molecule has 0 atom stereocenters. The second-order valence-corrected chi connectivity index (χ2v) is 16.2. The highest BCUT2D eigenvalue weighted by Crippen LogP contribution is 2.50. The van der Waals surface area contributed by atoms with Gasteiger partial charge in [-0.1, -0.05) is 65.1 Å². The number of ether oxygens (including phenoxy) is 1. The predicted molar refractivity (Wildman–Crippen MR) is 190 cm³/mol. The highest BCUT2D eigenvalue weighted by atomic mass is 35.5. The van der Waals surface area contributed by atoms with E-state index in [-0.39, 0.29) is 56.4 Å². The van der Waals surface area contributed by atoms with Gasteiger partial charge < -0.3 is 15.4 Å². The van der Waals surface area contributed by atoms with Crippen LogP contribution in [0.1, 0.15) is 34.5 Å². The second kappa shape index (κ2) is 15.1. The summed E-state index contributed by atoms with van der Waals surface area (Å²) in [5.41, 5.74) is 7.55. The number of carbonyl (C=O) groups excluding carboxylic acids is 2. The van der Waals surface area contributed by atoms with E-state index in [1.807, 2.05) is 12.1 Å². The summed E-state index contributed by atoms with van der Waals surface area (Å²) in [6.45, 7) is 0.771. The molecule has 4 aromatic rings. The van der Waals surface area contributed by atoms with Gasteiger partial charge in [-0.2, -0.15) is 0 Å². The molecule has 5 rings (SSSR count). The first-order chi connectivity index (χ1) is 22.8. The SMILES string of the molecule is CS(=O)(=O)CCCOc1c(C(=O)N2CCC(NCc3ccc(F)cc3)(C(N)=O)CC2)sc(-c2ccc(Cl)cc2Cl)c1-c1ccc(Cl)cc1. The summed E-state index contributed by atoms with van der Waals surface area (Å²) < 4.78 is 43.3. The molecule has 8 nitrogen and oxygen atoms in total. The van der Waals surface area contributed by atoms with Gasteiger partial charge in [0.05, 0.1) is 17.4 Å². The third kappa shape index (κ3) is 8.50. The molecular weight excluding hydrogens is 720 g/mol. The van der Waals surface area contributed by atoms with Crippen LogP contribution in [0.5, 0.6) is 5.75 Å². The number of nitrogens with one attached hydrogen (secondary N) is 1. The van der Waals surface area contributed by atoms with Crippen molar-refractivity contribution in [3.63, 3.8) is 0 Å². The first-order valence-corrected chi connectivity index (χ1v) is 19.0. The summed E-state index contributed by atoms with van der Waals surface area (Å²) in [5, 5.41) is 4.59. The van der Waals surface area contributed by atoms with Crippen LogP contribution < -0.4 is 15.8 Å². The van der Waals surface area contributed by atoms with Gasteiger partial charge >= 0.3 is 0 Å². The summed E-state index contributed by atoms with van der Waals surface area (Å²) in [7, 11) is -3.24. The van der Waals surface area contributed by atoms with Gasteiger partial charge in [-0.25, -0.2) is 12.8 Å². The summed E-state index contributed by atoms with van der Waals surface area (Å²) in [4.78, 5) is 29.7. The van der Waals surface area contributed by atoms with Crippen LogP contribution in [0.4, 0.5) is 4.39 Å². The van der Waals surface area contributed by atoms with Crippen molar-refractivity contribution in [2.24, 2.45) is 5.73 Å². The van der Waals surface area contributed by atoms with E-state index < -0.39 is 21.3 Å². The highest BCUT2D eigenvalue weighted by molar-refractivity contribution is 7.90. The quantitative estimate of drug-likeness (QED) is 0.147. The average molecular weight is 753 g/mol. The molecule has 0 radical (unpaired) electrons. The van der Waals surface area contributed by atoms with Crippen molar-refractivity contribution < 1.29 is 27.1 Å². The Morgan fingerprint density at radius 3 is 2.25 bits per heavy atom. The molecule has 254 valence electrons. The van der Waals surface area contributed by atoms with Crippen LogP contribution in [0.25, 0.3) is 21.6 Å². The fourth-order valence-electron chi connectivity index (χ4n) is 5.55. The number of amides is 2. The molecule has 0 aliphatic carbocycles. The minimum absolute atomic E-state index is 0.0382. The van der Waals surface area contributed by atoms with Gasteiger partial charge in [0, 0.05) is 51.9 Å². The number of sulfone groups is 1. The van der Waals surface area contributed by atoms with Gasteiger partial charge in [0.1, 0.15) is 26.1 Å². The maximum atomic E-state index is 14.3. The van der Waals surface area contributed by atoms with E-state index in [4.69, 9.17) is 45.3 Å². The summed E-state index contributed by atoms with van der Waals surface area (Å²) in [6.07, 6.45) is 1.88. The van der Waals surface area contributed by atoms with Gasteiger partial charge in [-0.15, -0.1) is 11.3 Å². The van der Waals surface area contributed by atoms with E-state index in [1.165, 1.54) is 23.5 Å². The number of nitrogens with zero attached hydrogens (tertiary/aromatic N) is 1. The third-order valence-corrected chi connectivity index (χ3v) is 11.2. The molecule has 0 saturated carbocycles. The van der Waals surface area contributed by atoms with Gasteiger partial charge in [0.25, 0.3) is 5.91 Å². The lowest BCUT2D eigenvalue weighted by Gasteiger charge is -2.40. The fraction of sp³-hybridized carbons (Fsp3) is 0.294. The molecule has 0 unspecified atom stereocenters. The molecule has 1 aliphatic rings. The smallest absolute Gasteiger partial charge is 0.267 e. The number of hydrogen-bond acceptors (Lipinski definition) is 7. The molecule has 1 aliphatic heterocycles. The van der Waals surface area contributed by atoms with Crippen molar-refractivity contribution in [3.8, 4) is 27.3 Å². The van der Waals surface area contributed by atoms with E-state index in [0.29, 0.717) is 53.8 Å². The van der Waals surface area contributed by atoms with Crippen molar-refractivity contribution in [2.45, 2.75) is 31.3 Å². The maximum Gasteiger partial charge on any atom is 0.267 e. The molecule has 2 amide bonds. The number of rotatable bonds is 12. The van der Waals surface area contributed by atoms with Crippen LogP contribution in [0, 0.1) is 5.82 Å². The van der Waals surface area contributed by atoms with Crippen molar-refractivity contribution in [3.05, 3.63) is 98.1 Å². The van der Waals surface area contributed by atoms with Gasteiger partial charge in [0.15, 0.2) is 5.75 Å². The topological polar surface area (TPSA) is 119 Å². The lowest BCUT2D eigenvalue weighted by atomic mass is 9.86. The van der Waals surface area contributed by atoms with E-state index in [2.05, 4.69) is 5.32 Å². The van der Waals surface area contributed by atoms with Crippen LogP contribution >= 0.6 is 46.1 Å². The maximum absolute atomic E-state index is 14.3. The number of halogens is 4. The fourth-order valence-corrected chi connectivity index (χ4v) is 8.15. The number of hydrogen-bond donors (Lipinski definition) is 2. The van der Waals surface area contributed by atoms with E-state index in [1.54, 1.807) is 47.4 Å². The van der Waals surface area contributed by atoms with Crippen LogP contribution in [0.3, 0.4) is 0 Å². The lowest BCUT2D eigenvalue weighted by molar-refractivity contribution is -0.126. The normalized spacial score (nSPS) is 14.6. The van der Waals surface area contributed by atoms with Crippen LogP contribution in [0.2, 0.25) is 15.1 Å². The Kier molecular flexibility index (Phi) is 11.4. The Balaban J connectivity index is 1.50. The van der Waals surface area contributed by atoms with Crippen molar-refractivity contribution in [2.75, 3.05) is 31.7 Å². The molecule has 3 aromatic carbocycles. The summed E-state index contributed by atoms with van der Waals surface area (Å²) >= 11 is 20.3. The van der Waals surface area contributed by atoms with E-state index >= 15 is 0 Å². The number of carbonyl (C=O) groups is 2. The minimum Gasteiger partial charge on any atom is -0.491 e. The van der Waals surface area contributed by atoms with E-state index in [9.17, 15) is 22.4 Å². The molecule has 1 aromatic heterocycles. The zero-order chi connectivity index (χ0) is 34.6. The monoisotopic (exact) mass is 751 g/mol. The Morgan fingerprint density at radius 2 is 1.65 bits per heavy atom. The molecular formula is C34H33Cl3FN3O5S2. The van der Waals surface area contributed by atoms with E-state index in [0.717, 1.165) is 11.8 Å². The van der Waals surface area contributed by atoms with Crippen LogP contribution in [0.15, 0.2) is 66.7 Å². The van der Waals surface area contributed by atoms with Gasteiger partial charge in [0.2, 0.25) is 5.91 Å². The molecule has 3 N–H and O–H groups in total. The first kappa shape index (κ1) is 36.1. The van der Waals surface area contributed by atoms with Gasteiger partial charge in [-0.05, 0) is 66.8 Å². The zero-order valence-electron chi connectivity index (χ0n) is 25.9. The highest BCUT2D eigenvalue weighted by Gasteiger charge is 2.41. The van der Waals surface area contributed by atoms with Crippen LogP contribution in [-0.4, -0.2) is 62.4 Å². The van der Waals surface area contributed by atoms with Crippen LogP contribution in [-0.2, 0) is 21.2 Å². The molecule has 48 heavy (non-hydrogen) atoms.